The Kier molecular flexibility index (Phi) is 3.16. The van der Waals surface area contributed by atoms with Crippen LogP contribution in [-0.2, 0) is 6.18 Å². The predicted octanol–water partition coefficient (Wildman–Crippen LogP) is 2.72. The minimum atomic E-state index is -4.68. The predicted molar refractivity (Wildman–Crippen MR) is 72.8 cm³/mol. The third-order valence-electron chi connectivity index (χ3n) is 3.19. The number of nitrogens with one attached hydrogen (secondary N) is 1. The quantitative estimate of drug-likeness (QED) is 0.792. The highest BCUT2D eigenvalue weighted by Crippen LogP contribution is 2.29. The van der Waals surface area contributed by atoms with Crippen molar-refractivity contribution in [3.05, 3.63) is 52.6 Å². The number of halogens is 3. The van der Waals surface area contributed by atoms with Crippen LogP contribution in [-0.4, -0.2) is 21.7 Å². The Morgan fingerprint density at radius 3 is 2.50 bits per heavy atom. The molecule has 5 nitrogen and oxygen atoms in total. The van der Waals surface area contributed by atoms with Crippen LogP contribution in [0, 0.1) is 0 Å². The number of nitrogens with zero attached hydrogens (tertiary/aromatic N) is 2. The highest BCUT2D eigenvalue weighted by Gasteiger charge is 2.34. The third-order valence-corrected chi connectivity index (χ3v) is 3.19. The van der Waals surface area contributed by atoms with E-state index in [2.05, 4.69) is 10.1 Å². The second-order valence-electron chi connectivity index (χ2n) is 4.55. The fourth-order valence-electron chi connectivity index (χ4n) is 2.11. The summed E-state index contributed by atoms with van der Waals surface area (Å²) < 4.78 is 44.4. The molecule has 0 spiro atoms. The van der Waals surface area contributed by atoms with E-state index in [4.69, 9.17) is 4.74 Å². The van der Waals surface area contributed by atoms with Gasteiger partial charge >= 0.3 is 6.18 Å². The molecule has 0 amide bonds. The molecule has 0 saturated carbocycles. The number of H-pyrrole nitrogens is 1. The summed E-state index contributed by atoms with van der Waals surface area (Å²) >= 11 is 0. The van der Waals surface area contributed by atoms with Crippen molar-refractivity contribution in [1.82, 2.24) is 14.6 Å². The number of fused-ring (bicyclic) bond motifs is 1. The van der Waals surface area contributed by atoms with Crippen molar-refractivity contribution in [3.8, 4) is 16.9 Å². The first kappa shape index (κ1) is 14.2. The number of hydrogen-bond donors (Lipinski definition) is 1. The number of alkyl halides is 3. The van der Waals surface area contributed by atoms with Gasteiger partial charge in [0.05, 0.1) is 7.11 Å². The van der Waals surface area contributed by atoms with E-state index in [9.17, 15) is 18.0 Å². The summed E-state index contributed by atoms with van der Waals surface area (Å²) in [5, 5.41) is 2.61. The number of rotatable bonds is 2. The van der Waals surface area contributed by atoms with E-state index in [1.807, 2.05) is 0 Å². The molecule has 2 aromatic heterocycles. The molecule has 0 bridgehead atoms. The molecule has 2 heterocycles. The van der Waals surface area contributed by atoms with Gasteiger partial charge in [0.1, 0.15) is 5.75 Å². The summed E-state index contributed by atoms with van der Waals surface area (Å²) in [6, 6.07) is 7.15. The first-order valence-corrected chi connectivity index (χ1v) is 6.23. The minimum absolute atomic E-state index is 0.0787. The van der Waals surface area contributed by atoms with Gasteiger partial charge in [0.15, 0.2) is 11.3 Å². The maximum Gasteiger partial charge on any atom is 0.433 e. The van der Waals surface area contributed by atoms with Crippen LogP contribution in [0.3, 0.4) is 0 Å². The summed E-state index contributed by atoms with van der Waals surface area (Å²) in [5.74, 6) is 0.615. The second kappa shape index (κ2) is 4.90. The van der Waals surface area contributed by atoms with Gasteiger partial charge in [-0.15, -0.1) is 0 Å². The van der Waals surface area contributed by atoms with E-state index in [-0.39, 0.29) is 5.65 Å². The zero-order valence-electron chi connectivity index (χ0n) is 11.3. The lowest BCUT2D eigenvalue weighted by atomic mass is 10.1. The van der Waals surface area contributed by atoms with Crippen molar-refractivity contribution < 1.29 is 17.9 Å². The number of benzene rings is 1. The second-order valence-corrected chi connectivity index (χ2v) is 4.55. The van der Waals surface area contributed by atoms with Crippen molar-refractivity contribution in [2.24, 2.45) is 0 Å². The van der Waals surface area contributed by atoms with Crippen LogP contribution in [0.25, 0.3) is 16.8 Å². The number of ether oxygens (including phenoxy) is 1. The number of aromatic amines is 1. The zero-order chi connectivity index (χ0) is 15.9. The lowest BCUT2D eigenvalue weighted by Gasteiger charge is -2.06. The lowest BCUT2D eigenvalue weighted by molar-refractivity contribution is -0.141. The topological polar surface area (TPSA) is 59.4 Å². The number of aromatic nitrogens is 3. The lowest BCUT2D eigenvalue weighted by Crippen LogP contribution is -2.19. The molecule has 0 fully saturated rings. The van der Waals surface area contributed by atoms with Crippen LogP contribution in [0.4, 0.5) is 13.2 Å². The Balaban J connectivity index is 2.22. The van der Waals surface area contributed by atoms with Gasteiger partial charge in [-0.05, 0) is 17.7 Å². The van der Waals surface area contributed by atoms with E-state index in [0.29, 0.717) is 22.9 Å². The van der Waals surface area contributed by atoms with E-state index in [0.717, 1.165) is 4.52 Å². The van der Waals surface area contributed by atoms with Gasteiger partial charge in [0, 0.05) is 17.8 Å². The van der Waals surface area contributed by atoms with E-state index in [1.165, 1.54) is 13.3 Å². The molecule has 1 N–H and O–H groups in total. The summed E-state index contributed by atoms with van der Waals surface area (Å²) in [6.07, 6.45) is -3.24. The molecule has 0 aliphatic carbocycles. The maximum atomic E-state index is 12.8. The smallest absolute Gasteiger partial charge is 0.433 e. The average molecular weight is 309 g/mol. The molecule has 0 radical (unpaired) electrons. The van der Waals surface area contributed by atoms with Gasteiger partial charge in [0.2, 0.25) is 0 Å². The van der Waals surface area contributed by atoms with Gasteiger partial charge in [-0.3, -0.25) is 9.89 Å². The molecule has 1 aromatic carbocycles. The SMILES string of the molecule is COc1ccc(-c2c[nH]n3c(=O)cc(C(F)(F)F)nc23)cc1. The Morgan fingerprint density at radius 2 is 1.91 bits per heavy atom. The van der Waals surface area contributed by atoms with Gasteiger partial charge < -0.3 is 4.74 Å². The summed E-state index contributed by atoms with van der Waals surface area (Å²) in [5.41, 5.74) is -1.11. The first-order valence-electron chi connectivity index (χ1n) is 6.23. The number of hydrogen-bond acceptors (Lipinski definition) is 3. The molecule has 3 rings (SSSR count). The highest BCUT2D eigenvalue weighted by molar-refractivity contribution is 5.77. The van der Waals surface area contributed by atoms with Crippen molar-refractivity contribution in [2.45, 2.75) is 6.18 Å². The summed E-state index contributed by atoms with van der Waals surface area (Å²) in [4.78, 5) is 15.3. The Labute approximate surface area is 122 Å². The van der Waals surface area contributed by atoms with Gasteiger partial charge in [0.25, 0.3) is 5.56 Å². The normalized spacial score (nSPS) is 11.8. The average Bonchev–Trinajstić information content (AvgIpc) is 2.91. The fourth-order valence-corrected chi connectivity index (χ4v) is 2.11. The standard InChI is InChI=1S/C14H10F3N3O2/c1-22-9-4-2-8(3-5-9)10-7-18-20-12(21)6-11(14(15,16)17)19-13(10)20/h2-7,18H,1H3. The maximum absolute atomic E-state index is 12.8. The zero-order valence-corrected chi connectivity index (χ0v) is 11.3. The van der Waals surface area contributed by atoms with Crippen molar-refractivity contribution in [3.63, 3.8) is 0 Å². The summed E-state index contributed by atoms with van der Waals surface area (Å²) in [7, 11) is 1.51. The largest absolute Gasteiger partial charge is 0.497 e. The molecule has 22 heavy (non-hydrogen) atoms. The third kappa shape index (κ3) is 2.32. The Morgan fingerprint density at radius 1 is 1.23 bits per heavy atom. The molecule has 8 heteroatoms. The van der Waals surface area contributed by atoms with Crippen LogP contribution >= 0.6 is 0 Å². The van der Waals surface area contributed by atoms with E-state index < -0.39 is 17.4 Å². The molecule has 3 aromatic rings. The van der Waals surface area contributed by atoms with Gasteiger partial charge in [-0.2, -0.15) is 13.2 Å². The highest BCUT2D eigenvalue weighted by atomic mass is 19.4. The molecule has 0 aliphatic heterocycles. The van der Waals surface area contributed by atoms with Crippen molar-refractivity contribution in [2.75, 3.05) is 7.11 Å². The van der Waals surface area contributed by atoms with Crippen LogP contribution in [0.5, 0.6) is 5.75 Å². The molecular weight excluding hydrogens is 299 g/mol. The molecule has 0 unspecified atom stereocenters. The van der Waals surface area contributed by atoms with Crippen LogP contribution < -0.4 is 10.3 Å². The fraction of sp³-hybridized carbons (Fsp3) is 0.143. The Bertz CT molecular complexity index is 879. The van der Waals surface area contributed by atoms with E-state index in [1.54, 1.807) is 24.3 Å². The molecule has 0 aliphatic rings. The Hall–Kier alpha value is -2.77. The number of methoxy groups -OCH3 is 1. The summed E-state index contributed by atoms with van der Waals surface area (Å²) in [6.45, 7) is 0. The molecule has 114 valence electrons. The van der Waals surface area contributed by atoms with Gasteiger partial charge in [-0.1, -0.05) is 12.1 Å². The monoisotopic (exact) mass is 309 g/mol. The van der Waals surface area contributed by atoms with E-state index >= 15 is 0 Å². The molecular formula is C14H10F3N3O2. The first-order chi connectivity index (χ1) is 10.4. The van der Waals surface area contributed by atoms with Crippen molar-refractivity contribution >= 4 is 5.65 Å². The minimum Gasteiger partial charge on any atom is -0.497 e. The van der Waals surface area contributed by atoms with Gasteiger partial charge in [-0.25, -0.2) is 9.50 Å². The van der Waals surface area contributed by atoms with Crippen LogP contribution in [0.15, 0.2) is 41.3 Å². The molecule has 0 atom stereocenters. The molecule has 0 saturated heterocycles. The van der Waals surface area contributed by atoms with Crippen molar-refractivity contribution in [1.29, 1.82) is 0 Å². The van der Waals surface area contributed by atoms with Crippen LogP contribution in [0.1, 0.15) is 5.69 Å². The van der Waals surface area contributed by atoms with Crippen LogP contribution in [0.2, 0.25) is 0 Å².